The molecule has 0 radical (unpaired) electrons. The van der Waals surface area contributed by atoms with E-state index in [4.69, 9.17) is 13.6 Å². The summed E-state index contributed by atoms with van der Waals surface area (Å²) in [7, 11) is 0. The third-order valence-electron chi connectivity index (χ3n) is 7.20. The molecule has 0 atom stereocenters. The molecule has 7 nitrogen and oxygen atoms in total. The first-order valence-electron chi connectivity index (χ1n) is 13.0. The molecule has 0 aliphatic heterocycles. The number of fused-ring (bicyclic) bond motifs is 3. The van der Waals surface area contributed by atoms with Crippen LogP contribution in [-0.4, -0.2) is 17.6 Å². The third kappa shape index (κ3) is 4.72. The summed E-state index contributed by atoms with van der Waals surface area (Å²) in [5.41, 5.74) is 8.60. The van der Waals surface area contributed by atoms with E-state index in [-0.39, 0.29) is 18.1 Å². The zero-order valence-electron chi connectivity index (χ0n) is 22.1. The molecule has 39 heavy (non-hydrogen) atoms. The second kappa shape index (κ2) is 9.91. The van der Waals surface area contributed by atoms with Crippen LogP contribution in [0.3, 0.4) is 0 Å². The molecular weight excluding hydrogens is 492 g/mol. The smallest absolute Gasteiger partial charge is 0.379 e. The van der Waals surface area contributed by atoms with Gasteiger partial charge in [-0.05, 0) is 73.7 Å². The van der Waals surface area contributed by atoms with E-state index in [0.717, 1.165) is 50.4 Å². The van der Waals surface area contributed by atoms with Gasteiger partial charge in [-0.3, -0.25) is 4.79 Å². The molecule has 1 aliphatic carbocycles. The number of carbonyl (C=O) groups is 2. The molecular formula is C32H28N2O5. The van der Waals surface area contributed by atoms with Crippen molar-refractivity contribution in [3.8, 4) is 5.75 Å². The van der Waals surface area contributed by atoms with Crippen molar-refractivity contribution in [2.75, 3.05) is 0 Å². The van der Waals surface area contributed by atoms with Gasteiger partial charge in [-0.25, -0.2) is 10.2 Å². The van der Waals surface area contributed by atoms with E-state index in [1.54, 1.807) is 12.3 Å². The molecule has 196 valence electrons. The summed E-state index contributed by atoms with van der Waals surface area (Å²) in [5, 5.41) is 7.46. The Bertz CT molecular complexity index is 1790. The maximum Gasteiger partial charge on any atom is 0.379 e. The minimum Gasteiger partial charge on any atom is -0.464 e. The third-order valence-corrected chi connectivity index (χ3v) is 7.20. The number of ether oxygens (including phenoxy) is 1. The van der Waals surface area contributed by atoms with Gasteiger partial charge in [0.2, 0.25) is 11.7 Å². The summed E-state index contributed by atoms with van der Waals surface area (Å²) in [6.07, 6.45) is 3.94. The van der Waals surface area contributed by atoms with Crippen LogP contribution >= 0.6 is 0 Å². The van der Waals surface area contributed by atoms with Crippen LogP contribution < -0.4 is 10.2 Å². The Hall–Kier alpha value is -4.65. The molecule has 2 aromatic heterocycles. The number of furan rings is 2. The van der Waals surface area contributed by atoms with Gasteiger partial charge in [0.15, 0.2) is 0 Å². The number of hydrazone groups is 1. The molecule has 3 aromatic carbocycles. The maximum absolute atomic E-state index is 13.1. The first-order valence-corrected chi connectivity index (χ1v) is 13.0. The number of aryl methyl sites for hydroxylation is 3. The molecule has 2 heterocycles. The minimum atomic E-state index is -0.557. The molecule has 0 bridgehead atoms. The number of rotatable bonds is 5. The largest absolute Gasteiger partial charge is 0.464 e. The van der Waals surface area contributed by atoms with Gasteiger partial charge in [0.25, 0.3) is 0 Å². The predicted molar refractivity (Wildman–Crippen MR) is 149 cm³/mol. The fourth-order valence-corrected chi connectivity index (χ4v) is 5.46. The molecule has 0 saturated heterocycles. The summed E-state index contributed by atoms with van der Waals surface area (Å²) in [5.74, 6) is 0.493. The summed E-state index contributed by atoms with van der Waals surface area (Å²) >= 11 is 0. The molecule has 0 fully saturated rings. The van der Waals surface area contributed by atoms with Crippen LogP contribution in [0.15, 0.2) is 74.8 Å². The molecule has 0 saturated carbocycles. The molecule has 1 amide bonds. The van der Waals surface area contributed by atoms with Crippen LogP contribution in [0.1, 0.15) is 57.0 Å². The number of hydrogen-bond donors (Lipinski definition) is 1. The van der Waals surface area contributed by atoms with Gasteiger partial charge < -0.3 is 13.6 Å². The molecule has 6 rings (SSSR count). The average molecular weight is 521 g/mol. The van der Waals surface area contributed by atoms with Gasteiger partial charge in [0, 0.05) is 28.5 Å². The van der Waals surface area contributed by atoms with Crippen LogP contribution in [0, 0.1) is 20.8 Å². The zero-order valence-corrected chi connectivity index (χ0v) is 22.1. The lowest BCUT2D eigenvalue weighted by Crippen LogP contribution is -2.23. The highest BCUT2D eigenvalue weighted by Crippen LogP contribution is 2.31. The Morgan fingerprint density at radius 1 is 1.00 bits per heavy atom. The number of esters is 1. The average Bonchev–Trinajstić information content (AvgIpc) is 3.48. The monoisotopic (exact) mass is 520 g/mol. The topological polar surface area (TPSA) is 94.0 Å². The van der Waals surface area contributed by atoms with Crippen molar-refractivity contribution in [3.63, 3.8) is 0 Å². The van der Waals surface area contributed by atoms with Crippen molar-refractivity contribution < 1.29 is 23.2 Å². The van der Waals surface area contributed by atoms with E-state index in [9.17, 15) is 9.59 Å². The Morgan fingerprint density at radius 2 is 1.82 bits per heavy atom. The molecule has 0 spiro atoms. The Balaban J connectivity index is 1.20. The predicted octanol–water partition coefficient (Wildman–Crippen LogP) is 6.72. The molecule has 1 N–H and O–H groups in total. The van der Waals surface area contributed by atoms with E-state index in [1.165, 1.54) is 0 Å². The van der Waals surface area contributed by atoms with Crippen LogP contribution in [0.2, 0.25) is 0 Å². The van der Waals surface area contributed by atoms with Crippen molar-refractivity contribution in [1.29, 1.82) is 0 Å². The van der Waals surface area contributed by atoms with E-state index in [2.05, 4.69) is 16.6 Å². The first-order chi connectivity index (χ1) is 18.9. The molecule has 7 heteroatoms. The van der Waals surface area contributed by atoms with E-state index in [0.29, 0.717) is 35.6 Å². The van der Waals surface area contributed by atoms with Crippen molar-refractivity contribution in [2.45, 2.75) is 46.5 Å². The molecule has 0 unspecified atom stereocenters. The summed E-state index contributed by atoms with van der Waals surface area (Å²) in [6, 6.07) is 17.4. The second-order valence-electron chi connectivity index (χ2n) is 10.1. The normalized spacial score (nSPS) is 14.1. The highest BCUT2D eigenvalue weighted by atomic mass is 16.5. The number of nitrogens with zero attached hydrogens (tertiary/aromatic N) is 1. The fraction of sp³-hybridized carbons (Fsp3) is 0.219. The van der Waals surface area contributed by atoms with Gasteiger partial charge in [-0.1, -0.05) is 36.4 Å². The SMILES string of the molecule is Cc1cc(C)c2c(CC(=O)N/N=C3\CCCc4oc(C(=O)Oc5ccc6ccccc6c5)c(C)c43)coc2c1. The van der Waals surface area contributed by atoms with Crippen molar-refractivity contribution in [2.24, 2.45) is 5.10 Å². The Morgan fingerprint density at radius 3 is 2.67 bits per heavy atom. The van der Waals surface area contributed by atoms with Crippen LogP contribution in [0.4, 0.5) is 0 Å². The fourth-order valence-electron chi connectivity index (χ4n) is 5.46. The molecule has 1 aliphatic rings. The maximum atomic E-state index is 13.1. The Labute approximate surface area is 225 Å². The van der Waals surface area contributed by atoms with Gasteiger partial charge >= 0.3 is 5.97 Å². The van der Waals surface area contributed by atoms with Crippen molar-refractivity contribution in [3.05, 3.63) is 100 Å². The lowest BCUT2D eigenvalue weighted by molar-refractivity contribution is -0.120. The van der Waals surface area contributed by atoms with Gasteiger partial charge in [-0.2, -0.15) is 5.10 Å². The lowest BCUT2D eigenvalue weighted by atomic mass is 9.93. The van der Waals surface area contributed by atoms with E-state index < -0.39 is 5.97 Å². The quantitative estimate of drug-likeness (QED) is 0.158. The standard InChI is InChI=1S/C32H28N2O5/c1-18-13-19(2)29-23(17-37-27(29)14-18)16-28(35)34-33-25-9-6-10-26-30(25)20(3)31(39-26)32(36)38-24-12-11-21-7-4-5-8-22(21)15-24/h4-5,7-8,11-15,17H,6,9-10,16H2,1-3H3,(H,34,35)/b33-25+. The number of nitrogens with one attached hydrogen (secondary N) is 1. The highest BCUT2D eigenvalue weighted by Gasteiger charge is 2.29. The minimum absolute atomic E-state index is 0.147. The van der Waals surface area contributed by atoms with Gasteiger partial charge in [0.05, 0.1) is 18.4 Å². The van der Waals surface area contributed by atoms with Crippen LogP contribution in [-0.2, 0) is 17.6 Å². The summed E-state index contributed by atoms with van der Waals surface area (Å²) < 4.78 is 17.3. The van der Waals surface area contributed by atoms with E-state index >= 15 is 0 Å². The van der Waals surface area contributed by atoms with Gasteiger partial charge in [0.1, 0.15) is 17.1 Å². The van der Waals surface area contributed by atoms with Crippen LogP contribution in [0.5, 0.6) is 5.75 Å². The number of carbonyl (C=O) groups excluding carboxylic acids is 2. The lowest BCUT2D eigenvalue weighted by Gasteiger charge is -2.13. The number of hydrogen-bond acceptors (Lipinski definition) is 6. The van der Waals surface area contributed by atoms with E-state index in [1.807, 2.05) is 63.2 Å². The Kier molecular flexibility index (Phi) is 6.27. The number of amides is 1. The summed E-state index contributed by atoms with van der Waals surface area (Å²) in [4.78, 5) is 25.9. The van der Waals surface area contributed by atoms with Crippen LogP contribution in [0.25, 0.3) is 21.7 Å². The highest BCUT2D eigenvalue weighted by molar-refractivity contribution is 6.06. The number of benzene rings is 3. The second-order valence-corrected chi connectivity index (χ2v) is 10.1. The zero-order chi connectivity index (χ0) is 27.1. The van der Waals surface area contributed by atoms with Crippen molar-refractivity contribution >= 4 is 39.3 Å². The van der Waals surface area contributed by atoms with Crippen molar-refractivity contribution in [1.82, 2.24) is 5.43 Å². The molecule has 5 aromatic rings. The first kappa shape index (κ1) is 24.7. The van der Waals surface area contributed by atoms with Gasteiger partial charge in [-0.15, -0.1) is 0 Å². The summed E-state index contributed by atoms with van der Waals surface area (Å²) in [6.45, 7) is 5.85.